The van der Waals surface area contributed by atoms with Crippen molar-refractivity contribution in [1.82, 2.24) is 10.3 Å². The summed E-state index contributed by atoms with van der Waals surface area (Å²) in [4.78, 5) is 4.22. The van der Waals surface area contributed by atoms with Crippen LogP contribution in [0.3, 0.4) is 0 Å². The van der Waals surface area contributed by atoms with Gasteiger partial charge in [0.05, 0.1) is 11.8 Å². The summed E-state index contributed by atoms with van der Waals surface area (Å²) < 4.78 is 10.6. The second-order valence-electron chi connectivity index (χ2n) is 3.98. The summed E-state index contributed by atoms with van der Waals surface area (Å²) in [6.07, 6.45) is 4.77. The first-order chi connectivity index (χ1) is 7.77. The number of methoxy groups -OCH3 is 1. The highest BCUT2D eigenvalue weighted by molar-refractivity contribution is 5.07. The molecule has 1 heterocycles. The Morgan fingerprint density at radius 2 is 2.38 bits per heavy atom. The van der Waals surface area contributed by atoms with Crippen LogP contribution in [-0.4, -0.2) is 24.7 Å². The lowest BCUT2D eigenvalue weighted by atomic mass is 10.1. The van der Waals surface area contributed by atoms with Gasteiger partial charge in [-0.15, -0.1) is 0 Å². The third-order valence-electron chi connectivity index (χ3n) is 2.62. The molecule has 1 atom stereocenters. The molecule has 0 aliphatic rings. The lowest BCUT2D eigenvalue weighted by molar-refractivity contribution is 0.110. The molecule has 0 aromatic carbocycles. The molecule has 0 saturated carbocycles. The molecule has 16 heavy (non-hydrogen) atoms. The van der Waals surface area contributed by atoms with Gasteiger partial charge in [-0.2, -0.15) is 0 Å². The summed E-state index contributed by atoms with van der Waals surface area (Å²) in [5, 5.41) is 3.33. The van der Waals surface area contributed by atoms with Crippen molar-refractivity contribution in [2.24, 2.45) is 0 Å². The molecule has 0 radical (unpaired) electrons. The summed E-state index contributed by atoms with van der Waals surface area (Å²) in [7, 11) is 1.73. The van der Waals surface area contributed by atoms with Crippen molar-refractivity contribution in [2.75, 3.05) is 13.7 Å². The third-order valence-corrected chi connectivity index (χ3v) is 2.62. The smallest absolute Gasteiger partial charge is 0.181 e. The van der Waals surface area contributed by atoms with E-state index in [1.165, 1.54) is 6.39 Å². The molecule has 0 aliphatic heterocycles. The molecular formula is C12H22N2O2. The zero-order chi connectivity index (χ0) is 11.8. The Hall–Kier alpha value is -0.870. The van der Waals surface area contributed by atoms with Crippen molar-refractivity contribution in [3.05, 3.63) is 17.8 Å². The largest absolute Gasteiger partial charge is 0.448 e. The molecule has 0 saturated heterocycles. The van der Waals surface area contributed by atoms with Gasteiger partial charge >= 0.3 is 0 Å². The predicted octanol–water partition coefficient (Wildman–Crippen LogP) is 2.14. The van der Waals surface area contributed by atoms with Crippen LogP contribution in [0.4, 0.5) is 0 Å². The molecule has 1 rings (SSSR count). The van der Waals surface area contributed by atoms with E-state index in [0.717, 1.165) is 43.8 Å². The number of ether oxygens (including phenoxy) is 1. The molecule has 4 heteroatoms. The Morgan fingerprint density at radius 3 is 3.06 bits per heavy atom. The lowest BCUT2D eigenvalue weighted by Gasteiger charge is -2.08. The summed E-state index contributed by atoms with van der Waals surface area (Å²) in [5.74, 6) is 0.979. The van der Waals surface area contributed by atoms with Crippen molar-refractivity contribution in [3.8, 4) is 0 Å². The van der Waals surface area contributed by atoms with Crippen LogP contribution < -0.4 is 5.32 Å². The minimum Gasteiger partial charge on any atom is -0.448 e. The normalized spacial score (nSPS) is 12.9. The van der Waals surface area contributed by atoms with E-state index >= 15 is 0 Å². The zero-order valence-corrected chi connectivity index (χ0v) is 10.5. The summed E-state index contributed by atoms with van der Waals surface area (Å²) in [6.45, 7) is 6.02. The lowest BCUT2D eigenvalue weighted by Crippen LogP contribution is -2.15. The second-order valence-corrected chi connectivity index (χ2v) is 3.98. The minimum atomic E-state index is 0.265. The van der Waals surface area contributed by atoms with Gasteiger partial charge in [0.1, 0.15) is 5.76 Å². The monoisotopic (exact) mass is 226 g/mol. The Bertz CT molecular complexity index is 286. The molecule has 1 aromatic rings. The van der Waals surface area contributed by atoms with E-state index in [9.17, 15) is 0 Å². The maximum absolute atomic E-state index is 5.38. The van der Waals surface area contributed by atoms with E-state index in [1.54, 1.807) is 7.11 Å². The number of nitrogens with one attached hydrogen (secondary N) is 1. The van der Waals surface area contributed by atoms with Crippen LogP contribution in [0.2, 0.25) is 0 Å². The van der Waals surface area contributed by atoms with Crippen molar-refractivity contribution < 1.29 is 9.15 Å². The zero-order valence-electron chi connectivity index (χ0n) is 10.5. The van der Waals surface area contributed by atoms with Crippen LogP contribution >= 0.6 is 0 Å². The quantitative estimate of drug-likeness (QED) is 0.690. The van der Waals surface area contributed by atoms with Gasteiger partial charge in [0.25, 0.3) is 0 Å². The molecule has 1 unspecified atom stereocenters. The number of aryl methyl sites for hydroxylation is 1. The molecule has 0 fully saturated rings. The van der Waals surface area contributed by atoms with Crippen LogP contribution in [0.1, 0.15) is 38.1 Å². The van der Waals surface area contributed by atoms with Crippen LogP contribution in [0.25, 0.3) is 0 Å². The first-order valence-corrected chi connectivity index (χ1v) is 5.92. The Kier molecular flexibility index (Phi) is 6.11. The fraction of sp³-hybridized carbons (Fsp3) is 0.750. The Balaban J connectivity index is 2.37. The highest BCUT2D eigenvalue weighted by atomic mass is 16.5. The molecule has 92 valence electrons. The number of aromatic nitrogens is 1. The van der Waals surface area contributed by atoms with Crippen molar-refractivity contribution in [3.63, 3.8) is 0 Å². The highest BCUT2D eigenvalue weighted by Crippen LogP contribution is 2.11. The van der Waals surface area contributed by atoms with Crippen LogP contribution in [-0.2, 0) is 17.7 Å². The maximum atomic E-state index is 5.38. The summed E-state index contributed by atoms with van der Waals surface area (Å²) >= 11 is 0. The van der Waals surface area contributed by atoms with E-state index in [-0.39, 0.29) is 6.10 Å². The number of hydrogen-bond donors (Lipinski definition) is 1. The first kappa shape index (κ1) is 13.2. The van der Waals surface area contributed by atoms with Gasteiger partial charge in [0.15, 0.2) is 6.39 Å². The Labute approximate surface area is 97.4 Å². The van der Waals surface area contributed by atoms with Gasteiger partial charge in [0.2, 0.25) is 0 Å². The van der Waals surface area contributed by atoms with E-state index in [4.69, 9.17) is 9.15 Å². The van der Waals surface area contributed by atoms with E-state index in [2.05, 4.69) is 24.1 Å². The topological polar surface area (TPSA) is 47.3 Å². The molecule has 0 amide bonds. The standard InChI is InChI=1S/C12H22N2O2/c1-4-7-13-8-11-12(16-9-14-11)6-5-10(2)15-3/h9-10,13H,4-8H2,1-3H3. The van der Waals surface area contributed by atoms with Gasteiger partial charge in [0, 0.05) is 20.1 Å². The van der Waals surface area contributed by atoms with Gasteiger partial charge < -0.3 is 14.5 Å². The van der Waals surface area contributed by atoms with Gasteiger partial charge in [-0.3, -0.25) is 0 Å². The predicted molar refractivity (Wildman–Crippen MR) is 63.3 cm³/mol. The average molecular weight is 226 g/mol. The average Bonchev–Trinajstić information content (AvgIpc) is 2.74. The summed E-state index contributed by atoms with van der Waals surface area (Å²) in [5.41, 5.74) is 1.02. The molecular weight excluding hydrogens is 204 g/mol. The SMILES string of the molecule is CCCNCc1ncoc1CCC(C)OC. The van der Waals surface area contributed by atoms with Gasteiger partial charge in [-0.05, 0) is 26.3 Å². The molecule has 4 nitrogen and oxygen atoms in total. The van der Waals surface area contributed by atoms with E-state index in [1.807, 2.05) is 0 Å². The van der Waals surface area contributed by atoms with Crippen molar-refractivity contribution >= 4 is 0 Å². The number of nitrogens with zero attached hydrogens (tertiary/aromatic N) is 1. The number of oxazole rings is 1. The molecule has 1 aromatic heterocycles. The van der Waals surface area contributed by atoms with Crippen molar-refractivity contribution in [2.45, 2.75) is 45.8 Å². The third kappa shape index (κ3) is 4.33. The second kappa shape index (κ2) is 7.41. The van der Waals surface area contributed by atoms with Gasteiger partial charge in [-0.1, -0.05) is 6.92 Å². The van der Waals surface area contributed by atoms with E-state index < -0.39 is 0 Å². The highest BCUT2D eigenvalue weighted by Gasteiger charge is 2.09. The maximum Gasteiger partial charge on any atom is 0.181 e. The van der Waals surface area contributed by atoms with Gasteiger partial charge in [-0.25, -0.2) is 4.98 Å². The fourth-order valence-corrected chi connectivity index (χ4v) is 1.48. The Morgan fingerprint density at radius 1 is 1.56 bits per heavy atom. The van der Waals surface area contributed by atoms with Crippen LogP contribution in [0.15, 0.2) is 10.8 Å². The molecule has 0 spiro atoms. The molecule has 0 bridgehead atoms. The van der Waals surface area contributed by atoms with Crippen molar-refractivity contribution in [1.29, 1.82) is 0 Å². The first-order valence-electron chi connectivity index (χ1n) is 5.92. The number of rotatable bonds is 8. The summed E-state index contributed by atoms with van der Waals surface area (Å²) in [6, 6.07) is 0. The minimum absolute atomic E-state index is 0.265. The van der Waals surface area contributed by atoms with Crippen LogP contribution in [0, 0.1) is 0 Å². The fourth-order valence-electron chi connectivity index (χ4n) is 1.48. The van der Waals surface area contributed by atoms with E-state index in [0.29, 0.717) is 0 Å². The molecule has 0 aliphatic carbocycles. The molecule has 1 N–H and O–H groups in total. The number of hydrogen-bond acceptors (Lipinski definition) is 4. The van der Waals surface area contributed by atoms with Crippen LogP contribution in [0.5, 0.6) is 0 Å².